The first-order chi connectivity index (χ1) is 12.0. The van der Waals surface area contributed by atoms with E-state index in [1.165, 1.54) is 18.2 Å². The van der Waals surface area contributed by atoms with Gasteiger partial charge in [-0.1, -0.05) is 6.07 Å². The van der Waals surface area contributed by atoms with Gasteiger partial charge in [-0.3, -0.25) is 4.79 Å². The molecule has 3 aromatic rings. The Labute approximate surface area is 145 Å². The summed E-state index contributed by atoms with van der Waals surface area (Å²) in [6.07, 6.45) is 0. The highest BCUT2D eigenvalue weighted by Crippen LogP contribution is 2.18. The fraction of sp³-hybridized carbons (Fsp3) is 0.105. The van der Waals surface area contributed by atoms with Crippen molar-refractivity contribution < 1.29 is 9.18 Å². The maximum Gasteiger partial charge on any atom is 0.255 e. The molecule has 0 saturated heterocycles. The Hall–Kier alpha value is -3.28. The molecule has 2 aromatic carbocycles. The highest BCUT2D eigenvalue weighted by Gasteiger charge is 2.07. The van der Waals surface area contributed by atoms with Crippen molar-refractivity contribution in [2.45, 2.75) is 13.8 Å². The largest absolute Gasteiger partial charge is 0.324 e. The lowest BCUT2D eigenvalue weighted by molar-refractivity contribution is 0.102. The minimum absolute atomic E-state index is 0.269. The van der Waals surface area contributed by atoms with E-state index in [1.807, 2.05) is 32.0 Å². The molecule has 126 valence electrons. The van der Waals surface area contributed by atoms with Crippen molar-refractivity contribution in [1.29, 1.82) is 0 Å². The number of rotatable bonds is 4. The molecule has 2 N–H and O–H groups in total. The summed E-state index contributed by atoms with van der Waals surface area (Å²) in [4.78, 5) is 20.7. The lowest BCUT2D eigenvalue weighted by Gasteiger charge is -2.09. The third-order valence-electron chi connectivity index (χ3n) is 3.47. The number of halogens is 1. The number of nitrogens with zero attached hydrogens (tertiary/aromatic N) is 2. The predicted octanol–water partition coefficient (Wildman–Crippen LogP) is 4.23. The molecule has 0 radical (unpaired) electrons. The SMILES string of the molecule is Cc1cc(C)nc(Nc2ccc(NC(=O)c3cccc(F)c3)cc2)n1. The minimum Gasteiger partial charge on any atom is -0.324 e. The van der Waals surface area contributed by atoms with Crippen LogP contribution in [0, 0.1) is 19.7 Å². The van der Waals surface area contributed by atoms with Gasteiger partial charge in [0.2, 0.25) is 5.95 Å². The molecule has 1 heterocycles. The fourth-order valence-corrected chi connectivity index (χ4v) is 2.38. The monoisotopic (exact) mass is 336 g/mol. The molecule has 1 amide bonds. The van der Waals surface area contributed by atoms with E-state index in [0.29, 0.717) is 11.6 Å². The summed E-state index contributed by atoms with van der Waals surface area (Å²) in [6, 6.07) is 14.6. The average Bonchev–Trinajstić information content (AvgIpc) is 2.56. The number of amides is 1. The van der Waals surface area contributed by atoms with E-state index in [4.69, 9.17) is 0 Å². The molecule has 0 aliphatic carbocycles. The Balaban J connectivity index is 1.68. The Morgan fingerprint density at radius 3 is 2.20 bits per heavy atom. The van der Waals surface area contributed by atoms with Crippen molar-refractivity contribution in [3.63, 3.8) is 0 Å². The topological polar surface area (TPSA) is 66.9 Å². The maximum atomic E-state index is 13.2. The first-order valence-electron chi connectivity index (χ1n) is 7.76. The molecule has 0 fully saturated rings. The number of carbonyl (C=O) groups is 1. The number of hydrogen-bond donors (Lipinski definition) is 2. The van der Waals surface area contributed by atoms with Crippen molar-refractivity contribution in [2.24, 2.45) is 0 Å². The van der Waals surface area contributed by atoms with E-state index in [-0.39, 0.29) is 11.5 Å². The number of hydrogen-bond acceptors (Lipinski definition) is 4. The van der Waals surface area contributed by atoms with Gasteiger partial charge in [-0.2, -0.15) is 0 Å². The normalized spacial score (nSPS) is 10.4. The summed E-state index contributed by atoms with van der Waals surface area (Å²) in [6.45, 7) is 3.82. The summed E-state index contributed by atoms with van der Waals surface area (Å²) >= 11 is 0. The van der Waals surface area contributed by atoms with E-state index in [1.54, 1.807) is 18.2 Å². The van der Waals surface area contributed by atoms with Crippen molar-refractivity contribution >= 4 is 23.2 Å². The minimum atomic E-state index is -0.444. The average molecular weight is 336 g/mol. The third-order valence-corrected chi connectivity index (χ3v) is 3.47. The van der Waals surface area contributed by atoms with Gasteiger partial charge in [0, 0.05) is 28.3 Å². The quantitative estimate of drug-likeness (QED) is 0.748. The molecule has 5 nitrogen and oxygen atoms in total. The number of carbonyl (C=O) groups excluding carboxylic acids is 1. The van der Waals surface area contributed by atoms with E-state index >= 15 is 0 Å². The van der Waals surface area contributed by atoms with Crippen LogP contribution in [0.5, 0.6) is 0 Å². The van der Waals surface area contributed by atoms with Gasteiger partial charge >= 0.3 is 0 Å². The van der Waals surface area contributed by atoms with Gasteiger partial charge in [0.15, 0.2) is 0 Å². The Kier molecular flexibility index (Phi) is 4.70. The van der Waals surface area contributed by atoms with Crippen LogP contribution >= 0.6 is 0 Å². The maximum absolute atomic E-state index is 13.2. The number of aryl methyl sites for hydroxylation is 2. The van der Waals surface area contributed by atoms with E-state index in [2.05, 4.69) is 20.6 Å². The first-order valence-corrected chi connectivity index (χ1v) is 7.76. The van der Waals surface area contributed by atoms with Gasteiger partial charge < -0.3 is 10.6 Å². The van der Waals surface area contributed by atoms with Crippen molar-refractivity contribution in [3.8, 4) is 0 Å². The molecule has 0 aliphatic heterocycles. The van der Waals surface area contributed by atoms with Crippen LogP contribution in [-0.4, -0.2) is 15.9 Å². The van der Waals surface area contributed by atoms with Crippen LogP contribution < -0.4 is 10.6 Å². The number of aromatic nitrogens is 2. The lowest BCUT2D eigenvalue weighted by Crippen LogP contribution is -2.12. The Morgan fingerprint density at radius 1 is 0.920 bits per heavy atom. The highest BCUT2D eigenvalue weighted by atomic mass is 19.1. The van der Waals surface area contributed by atoms with E-state index in [9.17, 15) is 9.18 Å². The van der Waals surface area contributed by atoms with Crippen LogP contribution in [0.2, 0.25) is 0 Å². The van der Waals surface area contributed by atoms with Gasteiger partial charge in [0.1, 0.15) is 5.82 Å². The molecule has 6 heteroatoms. The van der Waals surface area contributed by atoms with Crippen LogP contribution in [-0.2, 0) is 0 Å². The predicted molar refractivity (Wildman–Crippen MR) is 95.6 cm³/mol. The van der Waals surface area contributed by atoms with Crippen LogP contribution in [0.1, 0.15) is 21.7 Å². The number of benzene rings is 2. The lowest BCUT2D eigenvalue weighted by atomic mass is 10.2. The molecule has 0 spiro atoms. The molecule has 0 unspecified atom stereocenters. The molecule has 0 atom stereocenters. The molecule has 0 saturated carbocycles. The number of anilines is 3. The van der Waals surface area contributed by atoms with Crippen LogP contribution in [0.15, 0.2) is 54.6 Å². The zero-order valence-electron chi connectivity index (χ0n) is 13.9. The second kappa shape index (κ2) is 7.09. The highest BCUT2D eigenvalue weighted by molar-refractivity contribution is 6.04. The van der Waals surface area contributed by atoms with Crippen molar-refractivity contribution in [3.05, 3.63) is 77.4 Å². The number of nitrogens with one attached hydrogen (secondary N) is 2. The zero-order chi connectivity index (χ0) is 17.8. The molecule has 3 rings (SSSR count). The van der Waals surface area contributed by atoms with Gasteiger partial charge in [0.05, 0.1) is 0 Å². The second-order valence-corrected chi connectivity index (χ2v) is 5.64. The van der Waals surface area contributed by atoms with Crippen molar-refractivity contribution in [1.82, 2.24) is 9.97 Å². The molecular formula is C19H17FN4O. The smallest absolute Gasteiger partial charge is 0.255 e. The standard InChI is InChI=1S/C19H17FN4O/c1-12-10-13(2)22-19(21-12)24-17-8-6-16(7-9-17)23-18(25)14-4-3-5-15(20)11-14/h3-11H,1-2H3,(H,23,25)(H,21,22,24). The van der Waals surface area contributed by atoms with Gasteiger partial charge in [-0.05, 0) is 62.4 Å². The first kappa shape index (κ1) is 16.6. The summed E-state index contributed by atoms with van der Waals surface area (Å²) in [5, 5.41) is 5.85. The Morgan fingerprint density at radius 2 is 1.56 bits per heavy atom. The van der Waals surface area contributed by atoms with E-state index in [0.717, 1.165) is 17.1 Å². The van der Waals surface area contributed by atoms with Gasteiger partial charge in [-0.15, -0.1) is 0 Å². The summed E-state index contributed by atoms with van der Waals surface area (Å²) in [5.74, 6) is -0.285. The second-order valence-electron chi connectivity index (χ2n) is 5.64. The van der Waals surface area contributed by atoms with Gasteiger partial charge in [0.25, 0.3) is 5.91 Å². The van der Waals surface area contributed by atoms with Gasteiger partial charge in [-0.25, -0.2) is 14.4 Å². The fourth-order valence-electron chi connectivity index (χ4n) is 2.38. The molecule has 0 bridgehead atoms. The van der Waals surface area contributed by atoms with Crippen molar-refractivity contribution in [2.75, 3.05) is 10.6 Å². The third kappa shape index (κ3) is 4.38. The van der Waals surface area contributed by atoms with E-state index < -0.39 is 5.82 Å². The summed E-state index contributed by atoms with van der Waals surface area (Å²) < 4.78 is 13.2. The molecule has 0 aliphatic rings. The molecular weight excluding hydrogens is 319 g/mol. The molecule has 25 heavy (non-hydrogen) atoms. The zero-order valence-corrected chi connectivity index (χ0v) is 13.9. The Bertz CT molecular complexity index is 889. The molecule has 1 aromatic heterocycles. The van der Waals surface area contributed by atoms with Crippen LogP contribution in [0.25, 0.3) is 0 Å². The summed E-state index contributed by atoms with van der Waals surface area (Å²) in [5.41, 5.74) is 3.45. The van der Waals surface area contributed by atoms with Crippen LogP contribution in [0.4, 0.5) is 21.7 Å². The van der Waals surface area contributed by atoms with Crippen LogP contribution in [0.3, 0.4) is 0 Å². The summed E-state index contributed by atoms with van der Waals surface area (Å²) in [7, 11) is 0.